The zero-order chi connectivity index (χ0) is 25.7. The van der Waals surface area contributed by atoms with Gasteiger partial charge in [0.2, 0.25) is 10.0 Å². The maximum absolute atomic E-state index is 13.3. The largest absolute Gasteiger partial charge is 0.384 e. The van der Waals surface area contributed by atoms with Crippen LogP contribution < -0.4 is 26.6 Å². The van der Waals surface area contributed by atoms with Crippen molar-refractivity contribution in [3.05, 3.63) is 109 Å². The first-order valence-electron chi connectivity index (χ1n) is 10.8. The number of hydrogen-bond donors (Lipinski definition) is 5. The van der Waals surface area contributed by atoms with Crippen molar-refractivity contribution < 1.29 is 13.2 Å². The molecule has 0 aliphatic carbocycles. The lowest BCUT2D eigenvalue weighted by atomic mass is 10.1. The van der Waals surface area contributed by atoms with E-state index in [1.807, 2.05) is 6.07 Å². The first kappa shape index (κ1) is 24.5. The lowest BCUT2D eigenvalue weighted by molar-refractivity contribution is 0.258. The molecule has 0 saturated carbocycles. The molecule has 0 bridgehead atoms. The number of sulfonamides is 1. The van der Waals surface area contributed by atoms with Crippen molar-refractivity contribution in [2.24, 2.45) is 10.9 Å². The standard InChI is InChI=1S/C26H24N6O3S/c27-25(28)19-7-6-8-21(17-19)31-32(22-9-2-1-3-10-22)26(33)30-20-15-13-18(14-16-20)23-11-4-5-12-24(23)36(29,34)35/h1-17,31H,(H3,27,28)(H,30,33)(H2,29,34,35). The smallest absolute Gasteiger partial charge is 0.345 e. The first-order valence-corrected chi connectivity index (χ1v) is 12.4. The summed E-state index contributed by atoms with van der Waals surface area (Å²) in [4.78, 5) is 13.3. The molecule has 4 aromatic rings. The summed E-state index contributed by atoms with van der Waals surface area (Å²) >= 11 is 0. The molecule has 0 aliphatic rings. The molecule has 0 atom stereocenters. The fourth-order valence-electron chi connectivity index (χ4n) is 3.56. The van der Waals surface area contributed by atoms with Crippen molar-refractivity contribution >= 4 is 39.0 Å². The molecule has 4 rings (SSSR count). The Labute approximate surface area is 208 Å². The number of para-hydroxylation sites is 1. The Balaban J connectivity index is 1.59. The van der Waals surface area contributed by atoms with Crippen LogP contribution in [0.25, 0.3) is 11.1 Å². The predicted octanol–water partition coefficient (Wildman–Crippen LogP) is 4.35. The van der Waals surface area contributed by atoms with Crippen LogP contribution in [-0.2, 0) is 10.0 Å². The normalized spacial score (nSPS) is 10.9. The van der Waals surface area contributed by atoms with Crippen LogP contribution in [0.5, 0.6) is 0 Å². The number of primary sulfonamides is 1. The van der Waals surface area contributed by atoms with Gasteiger partial charge in [-0.15, -0.1) is 0 Å². The number of amidine groups is 1. The number of carbonyl (C=O) groups is 1. The van der Waals surface area contributed by atoms with Crippen molar-refractivity contribution in [3.8, 4) is 11.1 Å². The molecule has 0 radical (unpaired) electrons. The number of hydrazine groups is 1. The van der Waals surface area contributed by atoms with Gasteiger partial charge in [0.1, 0.15) is 5.84 Å². The van der Waals surface area contributed by atoms with Gasteiger partial charge in [-0.05, 0) is 48.0 Å². The number of benzene rings is 4. The molecule has 0 spiro atoms. The fourth-order valence-corrected chi connectivity index (χ4v) is 4.32. The van der Waals surface area contributed by atoms with Gasteiger partial charge in [-0.2, -0.15) is 0 Å². The van der Waals surface area contributed by atoms with Crippen molar-refractivity contribution in [1.82, 2.24) is 0 Å². The minimum Gasteiger partial charge on any atom is -0.384 e. The maximum Gasteiger partial charge on any atom is 0.345 e. The zero-order valence-electron chi connectivity index (χ0n) is 19.0. The van der Waals surface area contributed by atoms with Crippen molar-refractivity contribution in [2.75, 3.05) is 15.8 Å². The summed E-state index contributed by atoms with van der Waals surface area (Å²) < 4.78 is 23.9. The predicted molar refractivity (Wildman–Crippen MR) is 142 cm³/mol. The van der Waals surface area contributed by atoms with E-state index in [4.69, 9.17) is 16.3 Å². The zero-order valence-corrected chi connectivity index (χ0v) is 19.9. The molecule has 0 aliphatic heterocycles. The van der Waals surface area contributed by atoms with E-state index >= 15 is 0 Å². The van der Waals surface area contributed by atoms with Gasteiger partial charge in [-0.25, -0.2) is 23.4 Å². The van der Waals surface area contributed by atoms with Gasteiger partial charge in [-0.3, -0.25) is 10.8 Å². The number of rotatable bonds is 7. The summed E-state index contributed by atoms with van der Waals surface area (Å²) in [6, 6.07) is 28.6. The Kier molecular flexibility index (Phi) is 7.00. The summed E-state index contributed by atoms with van der Waals surface area (Å²) in [7, 11) is -3.90. The molecule has 10 heteroatoms. The van der Waals surface area contributed by atoms with E-state index in [-0.39, 0.29) is 10.7 Å². The van der Waals surface area contributed by atoms with Crippen molar-refractivity contribution in [1.29, 1.82) is 5.41 Å². The van der Waals surface area contributed by atoms with Gasteiger partial charge in [0, 0.05) is 16.8 Å². The number of nitrogens with zero attached hydrogens (tertiary/aromatic N) is 1. The van der Waals surface area contributed by atoms with Gasteiger partial charge >= 0.3 is 6.03 Å². The lowest BCUT2D eigenvalue weighted by Gasteiger charge is -2.25. The highest BCUT2D eigenvalue weighted by molar-refractivity contribution is 7.89. The van der Waals surface area contributed by atoms with Gasteiger partial charge in [0.05, 0.1) is 16.3 Å². The SMILES string of the molecule is N=C(N)c1cccc(NN(C(=O)Nc2ccc(-c3ccccc3S(N)(=O)=O)cc2)c2ccccc2)c1. The Morgan fingerprint density at radius 2 is 1.47 bits per heavy atom. The monoisotopic (exact) mass is 500 g/mol. The molecule has 7 N–H and O–H groups in total. The summed E-state index contributed by atoms with van der Waals surface area (Å²) in [5.41, 5.74) is 11.9. The summed E-state index contributed by atoms with van der Waals surface area (Å²) in [6.45, 7) is 0. The number of carbonyl (C=O) groups excluding carboxylic acids is 1. The minimum absolute atomic E-state index is 0.0222. The van der Waals surface area contributed by atoms with Crippen LogP contribution in [0.1, 0.15) is 5.56 Å². The molecule has 182 valence electrons. The molecular weight excluding hydrogens is 476 g/mol. The second kappa shape index (κ2) is 10.3. The number of nitrogens with one attached hydrogen (secondary N) is 3. The average molecular weight is 501 g/mol. The summed E-state index contributed by atoms with van der Waals surface area (Å²) in [5, 5.41) is 17.2. The Morgan fingerprint density at radius 1 is 0.806 bits per heavy atom. The molecule has 0 aromatic heterocycles. The Hall–Kier alpha value is -4.67. The lowest BCUT2D eigenvalue weighted by Crippen LogP contribution is -2.39. The quantitative estimate of drug-likeness (QED) is 0.145. The van der Waals surface area contributed by atoms with Gasteiger partial charge in [-0.1, -0.05) is 60.7 Å². The fraction of sp³-hybridized carbons (Fsp3) is 0. The molecule has 0 fully saturated rings. The van der Waals surface area contributed by atoms with Crippen LogP contribution in [0.15, 0.2) is 108 Å². The van der Waals surface area contributed by atoms with Gasteiger partial charge in [0.15, 0.2) is 0 Å². The van der Waals surface area contributed by atoms with E-state index in [0.29, 0.717) is 33.8 Å². The molecule has 9 nitrogen and oxygen atoms in total. The second-order valence-electron chi connectivity index (χ2n) is 7.83. The number of nitrogen functional groups attached to an aromatic ring is 1. The number of nitrogens with two attached hydrogens (primary N) is 2. The highest BCUT2D eigenvalue weighted by Gasteiger charge is 2.18. The molecule has 0 heterocycles. The van der Waals surface area contributed by atoms with E-state index in [2.05, 4.69) is 10.7 Å². The van der Waals surface area contributed by atoms with Crippen LogP contribution >= 0.6 is 0 Å². The third-order valence-corrected chi connectivity index (χ3v) is 6.24. The number of amides is 2. The topological polar surface area (TPSA) is 154 Å². The Morgan fingerprint density at radius 3 is 2.14 bits per heavy atom. The van der Waals surface area contributed by atoms with Crippen LogP contribution in [0, 0.1) is 5.41 Å². The van der Waals surface area contributed by atoms with Crippen molar-refractivity contribution in [3.63, 3.8) is 0 Å². The number of urea groups is 1. The molecule has 0 unspecified atom stereocenters. The molecule has 2 amide bonds. The van der Waals surface area contributed by atoms with Crippen LogP contribution in [0.3, 0.4) is 0 Å². The van der Waals surface area contributed by atoms with E-state index in [1.165, 1.54) is 11.1 Å². The molecule has 36 heavy (non-hydrogen) atoms. The molecule has 4 aromatic carbocycles. The number of anilines is 3. The summed E-state index contributed by atoms with van der Waals surface area (Å²) in [5.74, 6) is -0.0848. The van der Waals surface area contributed by atoms with Crippen molar-refractivity contribution in [2.45, 2.75) is 4.90 Å². The summed E-state index contributed by atoms with van der Waals surface area (Å²) in [6.07, 6.45) is 0. The van der Waals surface area contributed by atoms with E-state index in [0.717, 1.165) is 0 Å². The second-order valence-corrected chi connectivity index (χ2v) is 9.36. The first-order chi connectivity index (χ1) is 17.2. The van der Waals surface area contributed by atoms with E-state index < -0.39 is 16.1 Å². The maximum atomic E-state index is 13.3. The minimum atomic E-state index is -3.90. The number of hydrogen-bond acceptors (Lipinski definition) is 5. The van der Waals surface area contributed by atoms with E-state index in [1.54, 1.807) is 91.0 Å². The van der Waals surface area contributed by atoms with Gasteiger partial charge in [0.25, 0.3) is 0 Å². The highest BCUT2D eigenvalue weighted by Crippen LogP contribution is 2.28. The van der Waals surface area contributed by atoms with Crippen LogP contribution in [0.2, 0.25) is 0 Å². The van der Waals surface area contributed by atoms with Crippen LogP contribution in [-0.4, -0.2) is 20.3 Å². The third-order valence-electron chi connectivity index (χ3n) is 5.27. The molecular formula is C26H24N6O3S. The third kappa shape index (κ3) is 5.69. The highest BCUT2D eigenvalue weighted by atomic mass is 32.2. The van der Waals surface area contributed by atoms with Gasteiger partial charge < -0.3 is 11.1 Å². The van der Waals surface area contributed by atoms with Crippen LogP contribution in [0.4, 0.5) is 21.9 Å². The molecule has 0 saturated heterocycles. The average Bonchev–Trinajstić information content (AvgIpc) is 2.88. The van der Waals surface area contributed by atoms with E-state index in [9.17, 15) is 13.2 Å². The Bertz CT molecular complexity index is 1510.